The molecule has 1 aliphatic carbocycles. The number of halogens is 1. The van der Waals surface area contributed by atoms with Crippen molar-refractivity contribution in [2.75, 3.05) is 6.61 Å². The smallest absolute Gasteiger partial charge is 0.140 e. The summed E-state index contributed by atoms with van der Waals surface area (Å²) in [5.74, 6) is 0. The van der Waals surface area contributed by atoms with E-state index in [-0.39, 0.29) is 11.0 Å². The summed E-state index contributed by atoms with van der Waals surface area (Å²) in [4.78, 5) is 0. The van der Waals surface area contributed by atoms with Crippen LogP contribution < -0.4 is 0 Å². The van der Waals surface area contributed by atoms with E-state index in [1.54, 1.807) is 0 Å². The summed E-state index contributed by atoms with van der Waals surface area (Å²) in [6.45, 7) is 4.84. The van der Waals surface area contributed by atoms with E-state index in [1.807, 2.05) is 6.92 Å². The minimum absolute atomic E-state index is 0.0157. The van der Waals surface area contributed by atoms with Gasteiger partial charge in [0, 0.05) is 12.0 Å². The molecule has 1 nitrogen and oxygen atoms in total. The predicted octanol–water partition coefficient (Wildman–Crippen LogP) is 4.80. The predicted molar refractivity (Wildman–Crippen MR) is 77.2 cm³/mol. The van der Waals surface area contributed by atoms with Crippen LogP contribution in [0.1, 0.15) is 50.2 Å². The van der Waals surface area contributed by atoms with Gasteiger partial charge >= 0.3 is 0 Å². The summed E-state index contributed by atoms with van der Waals surface area (Å²) in [6.07, 6.45) is 6.12. The van der Waals surface area contributed by atoms with E-state index in [0.717, 1.165) is 12.8 Å². The Labute approximate surface area is 115 Å². The van der Waals surface area contributed by atoms with Crippen LogP contribution in [0.4, 0.5) is 0 Å². The molecule has 0 aromatic heterocycles. The van der Waals surface area contributed by atoms with E-state index >= 15 is 0 Å². The first-order valence-electron chi connectivity index (χ1n) is 7.02. The van der Waals surface area contributed by atoms with E-state index < -0.39 is 0 Å². The van der Waals surface area contributed by atoms with Gasteiger partial charge in [-0.1, -0.05) is 60.7 Å². The third-order valence-corrected chi connectivity index (χ3v) is 4.63. The van der Waals surface area contributed by atoms with E-state index in [4.69, 9.17) is 16.3 Å². The number of ether oxygens (including phenoxy) is 1. The lowest BCUT2D eigenvalue weighted by atomic mass is 9.69. The maximum Gasteiger partial charge on any atom is 0.140 e. The Hall–Kier alpha value is -0.530. The van der Waals surface area contributed by atoms with Crippen LogP contribution in [-0.2, 0) is 10.2 Å². The highest BCUT2D eigenvalue weighted by Gasteiger charge is 2.41. The van der Waals surface area contributed by atoms with Gasteiger partial charge in [-0.2, -0.15) is 0 Å². The van der Waals surface area contributed by atoms with Gasteiger partial charge in [0.1, 0.15) is 5.56 Å². The fraction of sp³-hybridized carbons (Fsp3) is 0.625. The quantitative estimate of drug-likeness (QED) is 0.712. The molecule has 1 atom stereocenters. The summed E-state index contributed by atoms with van der Waals surface area (Å²) in [6, 6.07) is 8.77. The Morgan fingerprint density at radius 1 is 1.28 bits per heavy atom. The number of aryl methyl sites for hydroxylation is 1. The second kappa shape index (κ2) is 6.08. The lowest BCUT2D eigenvalue weighted by molar-refractivity contribution is 0.0407. The highest BCUT2D eigenvalue weighted by Crippen LogP contribution is 2.44. The van der Waals surface area contributed by atoms with Crippen LogP contribution in [0.25, 0.3) is 0 Å². The van der Waals surface area contributed by atoms with Crippen LogP contribution in [0.15, 0.2) is 24.3 Å². The van der Waals surface area contributed by atoms with Crippen molar-refractivity contribution in [3.05, 3.63) is 35.4 Å². The molecule has 1 aliphatic rings. The first-order chi connectivity index (χ1) is 8.69. The molecule has 1 aromatic carbocycles. The molecule has 100 valence electrons. The van der Waals surface area contributed by atoms with Gasteiger partial charge in [-0.15, -0.1) is 0 Å². The fourth-order valence-corrected chi connectivity index (χ4v) is 3.56. The summed E-state index contributed by atoms with van der Waals surface area (Å²) in [7, 11) is 0. The van der Waals surface area contributed by atoms with Gasteiger partial charge in [-0.25, -0.2) is 0 Å². The Bertz CT molecular complexity index is 382. The summed E-state index contributed by atoms with van der Waals surface area (Å²) in [5.41, 5.74) is 2.47. The van der Waals surface area contributed by atoms with Gasteiger partial charge in [0.05, 0.1) is 0 Å². The number of hydrogen-bond donors (Lipinski definition) is 0. The van der Waals surface area contributed by atoms with Gasteiger partial charge in [0.2, 0.25) is 0 Å². The molecule has 18 heavy (non-hydrogen) atoms. The lowest BCUT2D eigenvalue weighted by Gasteiger charge is -2.41. The Morgan fingerprint density at radius 2 is 2.00 bits per heavy atom. The van der Waals surface area contributed by atoms with Crippen LogP contribution in [0, 0.1) is 6.92 Å². The van der Waals surface area contributed by atoms with Gasteiger partial charge < -0.3 is 4.74 Å². The Balaban J connectivity index is 2.34. The van der Waals surface area contributed by atoms with Gasteiger partial charge in [-0.05, 0) is 32.3 Å². The third kappa shape index (κ3) is 2.73. The molecule has 2 rings (SSSR count). The Morgan fingerprint density at radius 3 is 2.61 bits per heavy atom. The molecule has 0 saturated heterocycles. The monoisotopic (exact) mass is 266 g/mol. The molecule has 0 spiro atoms. The topological polar surface area (TPSA) is 9.23 Å². The van der Waals surface area contributed by atoms with E-state index in [2.05, 4.69) is 31.2 Å². The molecular weight excluding hydrogens is 244 g/mol. The Kier molecular flexibility index (Phi) is 4.69. The standard InChI is InChI=1S/C16H23ClO/c1-3-18-15(17)16(10-5-4-6-11-16)14-9-7-8-13(2)12-14/h7-9,12,15H,3-6,10-11H2,1-2H3. The molecular formula is C16H23ClO. The molecule has 1 saturated carbocycles. The molecule has 1 aromatic rings. The number of benzene rings is 1. The van der Waals surface area contributed by atoms with E-state index in [0.29, 0.717) is 6.61 Å². The average molecular weight is 267 g/mol. The molecule has 0 heterocycles. The van der Waals surface area contributed by atoms with Crippen molar-refractivity contribution in [1.29, 1.82) is 0 Å². The molecule has 0 bridgehead atoms. The zero-order valence-electron chi connectivity index (χ0n) is 11.4. The van der Waals surface area contributed by atoms with Crippen LogP contribution in [0.3, 0.4) is 0 Å². The van der Waals surface area contributed by atoms with Gasteiger partial charge in [0.15, 0.2) is 0 Å². The van der Waals surface area contributed by atoms with Crippen molar-refractivity contribution in [1.82, 2.24) is 0 Å². The average Bonchev–Trinajstić information content (AvgIpc) is 2.40. The maximum atomic E-state index is 6.58. The van der Waals surface area contributed by atoms with Crippen LogP contribution in [0.5, 0.6) is 0 Å². The first kappa shape index (κ1) is 13.9. The second-order valence-electron chi connectivity index (χ2n) is 5.36. The van der Waals surface area contributed by atoms with Gasteiger partial charge in [0.25, 0.3) is 0 Å². The second-order valence-corrected chi connectivity index (χ2v) is 5.75. The zero-order chi connectivity index (χ0) is 13.0. The van der Waals surface area contributed by atoms with Crippen molar-refractivity contribution in [2.45, 2.75) is 56.9 Å². The first-order valence-corrected chi connectivity index (χ1v) is 7.45. The highest BCUT2D eigenvalue weighted by molar-refractivity contribution is 6.20. The largest absolute Gasteiger partial charge is 0.362 e. The SMILES string of the molecule is CCOC(Cl)C1(c2cccc(C)c2)CCCCC1. The normalized spacial score (nSPS) is 20.6. The molecule has 0 aliphatic heterocycles. The zero-order valence-corrected chi connectivity index (χ0v) is 12.2. The highest BCUT2D eigenvalue weighted by atomic mass is 35.5. The fourth-order valence-electron chi connectivity index (χ4n) is 3.09. The van der Waals surface area contributed by atoms with Crippen molar-refractivity contribution in [3.63, 3.8) is 0 Å². The molecule has 0 N–H and O–H groups in total. The molecule has 1 fully saturated rings. The van der Waals surface area contributed by atoms with Crippen molar-refractivity contribution in [3.8, 4) is 0 Å². The van der Waals surface area contributed by atoms with Gasteiger partial charge in [-0.3, -0.25) is 0 Å². The third-order valence-electron chi connectivity index (χ3n) is 4.09. The van der Waals surface area contributed by atoms with Crippen LogP contribution in [-0.4, -0.2) is 12.2 Å². The van der Waals surface area contributed by atoms with Crippen LogP contribution >= 0.6 is 11.6 Å². The maximum absolute atomic E-state index is 6.58. The lowest BCUT2D eigenvalue weighted by Crippen LogP contribution is -2.40. The molecule has 1 unspecified atom stereocenters. The van der Waals surface area contributed by atoms with Crippen molar-refractivity contribution in [2.24, 2.45) is 0 Å². The molecule has 0 radical (unpaired) electrons. The minimum Gasteiger partial charge on any atom is -0.362 e. The molecule has 0 amide bonds. The summed E-state index contributed by atoms with van der Waals surface area (Å²) in [5, 5.41) is 0. The van der Waals surface area contributed by atoms with Crippen LogP contribution in [0.2, 0.25) is 0 Å². The number of hydrogen-bond acceptors (Lipinski definition) is 1. The number of alkyl halides is 1. The van der Waals surface area contributed by atoms with Crippen molar-refractivity contribution >= 4 is 11.6 Å². The summed E-state index contributed by atoms with van der Waals surface area (Å²) < 4.78 is 5.74. The summed E-state index contributed by atoms with van der Waals surface area (Å²) >= 11 is 6.58. The van der Waals surface area contributed by atoms with E-state index in [1.165, 1.54) is 30.4 Å². The van der Waals surface area contributed by atoms with E-state index in [9.17, 15) is 0 Å². The number of rotatable bonds is 4. The minimum atomic E-state index is -0.204. The van der Waals surface area contributed by atoms with Crippen molar-refractivity contribution < 1.29 is 4.74 Å². The molecule has 2 heteroatoms.